The molecular weight excluding hydrogens is 448 g/mol. The highest BCUT2D eigenvalue weighted by atomic mass is 19.1. The van der Waals surface area contributed by atoms with Gasteiger partial charge in [0.1, 0.15) is 17.4 Å². The van der Waals surface area contributed by atoms with Crippen LogP contribution in [0.25, 0.3) is 11.1 Å². The van der Waals surface area contributed by atoms with Gasteiger partial charge in [-0.15, -0.1) is 0 Å². The summed E-state index contributed by atoms with van der Waals surface area (Å²) >= 11 is 0. The minimum Gasteiger partial charge on any atom is -0.497 e. The van der Waals surface area contributed by atoms with Crippen LogP contribution in [0, 0.1) is 25.5 Å². The third-order valence-corrected chi connectivity index (χ3v) is 6.65. The summed E-state index contributed by atoms with van der Waals surface area (Å²) in [5.74, 6) is -0.943. The number of fused-ring (bicyclic) bond motifs is 1. The maximum atomic E-state index is 14.7. The third kappa shape index (κ3) is 5.16. The molecule has 3 aromatic rings. The Bertz CT molecular complexity index is 1210. The molecule has 0 amide bonds. The molecule has 0 heterocycles. The molecule has 4 rings (SSSR count). The molecule has 0 fully saturated rings. The van der Waals surface area contributed by atoms with Crippen molar-refractivity contribution in [3.63, 3.8) is 0 Å². The molecule has 0 saturated heterocycles. The van der Waals surface area contributed by atoms with Crippen molar-refractivity contribution in [3.8, 4) is 16.9 Å². The van der Waals surface area contributed by atoms with Crippen molar-refractivity contribution < 1.29 is 23.0 Å². The Morgan fingerprint density at radius 2 is 1.77 bits per heavy atom. The fourth-order valence-electron chi connectivity index (χ4n) is 5.09. The Morgan fingerprint density at radius 3 is 2.40 bits per heavy atom. The van der Waals surface area contributed by atoms with E-state index in [4.69, 9.17) is 9.47 Å². The van der Waals surface area contributed by atoms with E-state index in [0.29, 0.717) is 5.69 Å². The Kier molecular flexibility index (Phi) is 7.39. The van der Waals surface area contributed by atoms with E-state index in [1.165, 1.54) is 28.8 Å². The van der Waals surface area contributed by atoms with Gasteiger partial charge in [-0.05, 0) is 97.7 Å². The zero-order valence-corrected chi connectivity index (χ0v) is 20.6. The van der Waals surface area contributed by atoms with Gasteiger partial charge in [-0.3, -0.25) is 4.79 Å². The van der Waals surface area contributed by atoms with Crippen molar-refractivity contribution in [2.45, 2.75) is 52.5 Å². The summed E-state index contributed by atoms with van der Waals surface area (Å²) in [6.07, 6.45) is 1.61. The van der Waals surface area contributed by atoms with Gasteiger partial charge >= 0.3 is 5.97 Å². The molecule has 3 aromatic carbocycles. The van der Waals surface area contributed by atoms with Crippen molar-refractivity contribution in [2.24, 2.45) is 0 Å². The summed E-state index contributed by atoms with van der Waals surface area (Å²) in [5.41, 5.74) is 7.38. The van der Waals surface area contributed by atoms with Crippen LogP contribution in [-0.4, -0.2) is 19.7 Å². The lowest BCUT2D eigenvalue weighted by molar-refractivity contribution is -0.143. The van der Waals surface area contributed by atoms with Crippen LogP contribution < -0.4 is 10.1 Å². The van der Waals surface area contributed by atoms with Gasteiger partial charge in [0.05, 0.1) is 19.8 Å². The number of rotatable bonds is 8. The van der Waals surface area contributed by atoms with Gasteiger partial charge in [-0.2, -0.15) is 0 Å². The van der Waals surface area contributed by atoms with E-state index in [-0.39, 0.29) is 31.1 Å². The second kappa shape index (κ2) is 10.5. The molecule has 0 spiro atoms. The van der Waals surface area contributed by atoms with Crippen LogP contribution in [0.15, 0.2) is 42.5 Å². The summed E-state index contributed by atoms with van der Waals surface area (Å²) in [4.78, 5) is 11.6. The quantitative estimate of drug-likeness (QED) is 0.359. The van der Waals surface area contributed by atoms with Crippen LogP contribution in [0.1, 0.15) is 53.6 Å². The Balaban J connectivity index is 1.57. The lowest BCUT2D eigenvalue weighted by Crippen LogP contribution is -2.10. The topological polar surface area (TPSA) is 47.6 Å². The zero-order chi connectivity index (χ0) is 25.1. The van der Waals surface area contributed by atoms with E-state index in [9.17, 15) is 13.6 Å². The first-order valence-electron chi connectivity index (χ1n) is 12.0. The molecule has 0 saturated carbocycles. The molecule has 184 valence electrons. The van der Waals surface area contributed by atoms with E-state index in [0.717, 1.165) is 35.3 Å². The molecule has 0 aromatic heterocycles. The molecule has 1 unspecified atom stereocenters. The molecule has 0 aliphatic heterocycles. The number of benzene rings is 3. The molecular formula is C29H31F2NO3. The van der Waals surface area contributed by atoms with E-state index < -0.39 is 17.6 Å². The molecule has 0 bridgehead atoms. The van der Waals surface area contributed by atoms with Crippen molar-refractivity contribution >= 4 is 11.7 Å². The monoisotopic (exact) mass is 479 g/mol. The summed E-state index contributed by atoms with van der Waals surface area (Å²) < 4.78 is 39.7. The fourth-order valence-corrected chi connectivity index (χ4v) is 5.09. The van der Waals surface area contributed by atoms with E-state index in [2.05, 4.69) is 31.3 Å². The molecule has 4 nitrogen and oxygen atoms in total. The van der Waals surface area contributed by atoms with Crippen molar-refractivity contribution in [1.29, 1.82) is 0 Å². The predicted octanol–water partition coefficient (Wildman–Crippen LogP) is 6.85. The number of anilines is 1. The van der Waals surface area contributed by atoms with Gasteiger partial charge < -0.3 is 14.8 Å². The largest absolute Gasteiger partial charge is 0.497 e. The average Bonchev–Trinajstić information content (AvgIpc) is 3.21. The normalized spacial score (nSPS) is 14.5. The third-order valence-electron chi connectivity index (χ3n) is 6.65. The molecule has 1 N–H and O–H groups in total. The van der Waals surface area contributed by atoms with Crippen LogP contribution in [0.3, 0.4) is 0 Å². The molecule has 0 radical (unpaired) electrons. The van der Waals surface area contributed by atoms with Gasteiger partial charge in [0.15, 0.2) is 0 Å². The second-order valence-electron chi connectivity index (χ2n) is 8.97. The van der Waals surface area contributed by atoms with Gasteiger partial charge in [-0.25, -0.2) is 8.78 Å². The fraction of sp³-hybridized carbons (Fsp3) is 0.345. The molecule has 35 heavy (non-hydrogen) atoms. The van der Waals surface area contributed by atoms with E-state index in [1.807, 2.05) is 18.2 Å². The number of hydrogen-bond acceptors (Lipinski definition) is 4. The SMILES string of the molecule is CCOC(=O)CCc1c(F)cc(NC2CCc3c(-c4c(C)cc(OC)cc4C)cccc32)cc1F. The standard InChI is InChI=1S/C29H31F2NO3/c1-5-35-28(33)12-10-24-25(30)15-19(16-26(24)31)32-27-11-9-21-22(27)7-6-8-23(21)29-17(2)13-20(34-4)14-18(29)3/h6-8,13-16,27,32H,5,9-12H2,1-4H3. The summed E-state index contributed by atoms with van der Waals surface area (Å²) in [6, 6.07) is 12.9. The van der Waals surface area contributed by atoms with Crippen LogP contribution in [0.2, 0.25) is 0 Å². The molecule has 6 heteroatoms. The summed E-state index contributed by atoms with van der Waals surface area (Å²) in [7, 11) is 1.67. The number of carbonyl (C=O) groups excluding carboxylic acids is 1. The predicted molar refractivity (Wildman–Crippen MR) is 134 cm³/mol. The number of hydrogen-bond donors (Lipinski definition) is 1. The number of esters is 1. The van der Waals surface area contributed by atoms with Gasteiger partial charge in [0.2, 0.25) is 0 Å². The number of methoxy groups -OCH3 is 1. The summed E-state index contributed by atoms with van der Waals surface area (Å²) in [5, 5.41) is 3.33. The first-order chi connectivity index (χ1) is 16.8. The van der Waals surface area contributed by atoms with E-state index >= 15 is 0 Å². The minimum absolute atomic E-state index is 0.0348. The Hall–Kier alpha value is -3.41. The highest BCUT2D eigenvalue weighted by Crippen LogP contribution is 2.42. The van der Waals surface area contributed by atoms with E-state index in [1.54, 1.807) is 14.0 Å². The van der Waals surface area contributed by atoms with Crippen LogP contribution in [-0.2, 0) is 22.4 Å². The maximum absolute atomic E-state index is 14.7. The highest BCUT2D eigenvalue weighted by molar-refractivity contribution is 5.76. The number of ether oxygens (including phenoxy) is 2. The van der Waals surface area contributed by atoms with Crippen LogP contribution in [0.5, 0.6) is 5.75 Å². The summed E-state index contributed by atoms with van der Waals surface area (Å²) in [6.45, 7) is 6.12. The Morgan fingerprint density at radius 1 is 1.09 bits per heavy atom. The first kappa shape index (κ1) is 24.7. The van der Waals surface area contributed by atoms with Crippen LogP contribution >= 0.6 is 0 Å². The molecule has 1 aliphatic carbocycles. The molecule has 1 aliphatic rings. The Labute approximate surface area is 205 Å². The second-order valence-corrected chi connectivity index (χ2v) is 8.97. The average molecular weight is 480 g/mol. The maximum Gasteiger partial charge on any atom is 0.306 e. The first-order valence-corrected chi connectivity index (χ1v) is 12.0. The smallest absolute Gasteiger partial charge is 0.306 e. The van der Waals surface area contributed by atoms with Gasteiger partial charge in [-0.1, -0.05) is 18.2 Å². The lowest BCUT2D eigenvalue weighted by Gasteiger charge is -2.19. The highest BCUT2D eigenvalue weighted by Gasteiger charge is 2.26. The zero-order valence-electron chi connectivity index (χ0n) is 20.6. The van der Waals surface area contributed by atoms with Crippen molar-refractivity contribution in [3.05, 3.63) is 81.9 Å². The number of aryl methyl sites for hydroxylation is 2. The number of carbonyl (C=O) groups is 1. The van der Waals surface area contributed by atoms with Gasteiger partial charge in [0.25, 0.3) is 0 Å². The number of nitrogens with one attached hydrogen (secondary N) is 1. The van der Waals surface area contributed by atoms with Crippen LogP contribution in [0.4, 0.5) is 14.5 Å². The minimum atomic E-state index is -0.659. The van der Waals surface area contributed by atoms with Gasteiger partial charge in [0, 0.05) is 17.7 Å². The van der Waals surface area contributed by atoms with Crippen molar-refractivity contribution in [2.75, 3.05) is 19.0 Å². The van der Waals surface area contributed by atoms with Crippen molar-refractivity contribution in [1.82, 2.24) is 0 Å². The lowest BCUT2D eigenvalue weighted by atomic mass is 9.90. The number of halogens is 2. The molecule has 1 atom stereocenters.